The molecule has 2 heterocycles. The number of ether oxygens (including phenoxy) is 1. The van der Waals surface area contributed by atoms with Crippen molar-refractivity contribution in [2.45, 2.75) is 37.6 Å². The van der Waals surface area contributed by atoms with E-state index in [4.69, 9.17) is 33.7 Å². The van der Waals surface area contributed by atoms with Crippen LogP contribution in [-0.4, -0.2) is 53.0 Å². The van der Waals surface area contributed by atoms with Crippen LogP contribution in [0.4, 0.5) is 5.69 Å². The van der Waals surface area contributed by atoms with Crippen molar-refractivity contribution in [2.24, 2.45) is 0 Å². The van der Waals surface area contributed by atoms with Crippen molar-refractivity contribution in [3.8, 4) is 17.1 Å². The number of hydrogen-bond acceptors (Lipinski definition) is 6. The topological polar surface area (TPSA) is 81.4 Å². The van der Waals surface area contributed by atoms with Crippen molar-refractivity contribution in [1.82, 2.24) is 19.2 Å². The van der Waals surface area contributed by atoms with Crippen LogP contribution in [-0.2, 0) is 21.4 Å². The fourth-order valence-electron chi connectivity index (χ4n) is 4.64. The molecule has 0 radical (unpaired) electrons. The number of anilines is 1. The minimum absolute atomic E-state index is 0.0887. The van der Waals surface area contributed by atoms with E-state index in [1.165, 1.54) is 6.07 Å². The fourth-order valence-corrected chi connectivity index (χ4v) is 6.29. The highest BCUT2D eigenvalue weighted by Crippen LogP contribution is 2.28. The number of aromatic nitrogens is 3. The maximum absolute atomic E-state index is 13.2. The Balaban J connectivity index is 1.55. The van der Waals surface area contributed by atoms with Gasteiger partial charge in [0.05, 0.1) is 34.5 Å². The van der Waals surface area contributed by atoms with E-state index in [0.717, 1.165) is 18.8 Å². The highest BCUT2D eigenvalue weighted by atomic mass is 35.5. The van der Waals surface area contributed by atoms with Gasteiger partial charge in [-0.05, 0) is 62.5 Å². The third-order valence-electron chi connectivity index (χ3n) is 6.20. The van der Waals surface area contributed by atoms with E-state index < -0.39 is 10.0 Å². The number of morpholine rings is 1. The van der Waals surface area contributed by atoms with Gasteiger partial charge in [-0.15, -0.1) is 5.10 Å². The molecule has 1 aliphatic heterocycles. The van der Waals surface area contributed by atoms with Crippen LogP contribution in [0.25, 0.3) is 17.1 Å². The lowest BCUT2D eigenvalue weighted by molar-refractivity contribution is -0.0777. The Labute approximate surface area is 232 Å². The lowest BCUT2D eigenvalue weighted by atomic mass is 10.2. The molecule has 1 fully saturated rings. The van der Waals surface area contributed by atoms with E-state index in [2.05, 4.69) is 23.5 Å². The number of nitrogens with zero attached hydrogens (tertiary/aromatic N) is 4. The number of hydrogen-bond donors (Lipinski definition) is 1. The van der Waals surface area contributed by atoms with Crippen molar-refractivity contribution in [1.29, 1.82) is 0 Å². The highest BCUT2D eigenvalue weighted by molar-refractivity contribution is 7.92. The first-order valence-corrected chi connectivity index (χ1v) is 14.5. The van der Waals surface area contributed by atoms with E-state index in [9.17, 15) is 8.42 Å². The summed E-state index contributed by atoms with van der Waals surface area (Å²) in [5.74, 6) is 0.547. The molecular weight excluding hydrogens is 542 g/mol. The van der Waals surface area contributed by atoms with Gasteiger partial charge in [0.25, 0.3) is 10.0 Å². The summed E-state index contributed by atoms with van der Waals surface area (Å²) in [5.41, 5.74) is 1.76. The molecule has 0 spiro atoms. The van der Waals surface area contributed by atoms with Crippen LogP contribution >= 0.6 is 23.8 Å². The van der Waals surface area contributed by atoms with Gasteiger partial charge in [-0.2, -0.15) is 0 Å². The predicted molar refractivity (Wildman–Crippen MR) is 152 cm³/mol. The molecule has 4 aromatic rings. The summed E-state index contributed by atoms with van der Waals surface area (Å²) < 4.78 is 39.1. The van der Waals surface area contributed by atoms with Gasteiger partial charge in [-0.3, -0.25) is 14.2 Å². The molecule has 1 aromatic heterocycles. The van der Waals surface area contributed by atoms with Crippen molar-refractivity contribution in [2.75, 3.05) is 17.8 Å². The second kappa shape index (κ2) is 11.0. The fraction of sp³-hybridized carbons (Fsp3) is 0.259. The Kier molecular flexibility index (Phi) is 7.69. The van der Waals surface area contributed by atoms with Crippen molar-refractivity contribution < 1.29 is 13.2 Å². The predicted octanol–water partition coefficient (Wildman–Crippen LogP) is 5.59. The zero-order valence-electron chi connectivity index (χ0n) is 21.0. The molecule has 2 atom stereocenters. The van der Waals surface area contributed by atoms with Gasteiger partial charge in [-0.25, -0.2) is 13.1 Å². The normalized spacial score (nSPS) is 18.4. The van der Waals surface area contributed by atoms with Gasteiger partial charge in [0, 0.05) is 24.3 Å². The van der Waals surface area contributed by atoms with Crippen molar-refractivity contribution in [3.05, 3.63) is 88.7 Å². The van der Waals surface area contributed by atoms with Crippen molar-refractivity contribution in [3.63, 3.8) is 0 Å². The average molecular weight is 570 g/mol. The van der Waals surface area contributed by atoms with Crippen LogP contribution in [0.15, 0.2) is 83.8 Å². The molecule has 0 aliphatic carbocycles. The summed E-state index contributed by atoms with van der Waals surface area (Å²) in [4.78, 5) is 2.35. The third kappa shape index (κ3) is 5.69. The Morgan fingerprint density at radius 3 is 2.39 bits per heavy atom. The van der Waals surface area contributed by atoms with E-state index in [1.807, 2.05) is 41.0 Å². The molecule has 11 heteroatoms. The maximum Gasteiger partial charge on any atom is 0.261 e. The first-order valence-electron chi connectivity index (χ1n) is 12.2. The summed E-state index contributed by atoms with van der Waals surface area (Å²) in [6.45, 7) is 6.13. The van der Waals surface area contributed by atoms with Gasteiger partial charge in [0.2, 0.25) is 4.77 Å². The second-order valence-electron chi connectivity index (χ2n) is 9.32. The molecule has 1 saturated heterocycles. The second-order valence-corrected chi connectivity index (χ2v) is 11.8. The van der Waals surface area contributed by atoms with E-state index in [0.29, 0.717) is 33.5 Å². The van der Waals surface area contributed by atoms with Crippen LogP contribution in [0.5, 0.6) is 0 Å². The molecule has 0 saturated carbocycles. The molecule has 0 unspecified atom stereocenters. The van der Waals surface area contributed by atoms with Gasteiger partial charge >= 0.3 is 0 Å². The Morgan fingerprint density at radius 2 is 1.68 bits per heavy atom. The molecule has 38 heavy (non-hydrogen) atoms. The van der Waals surface area contributed by atoms with Crippen LogP contribution in [0.2, 0.25) is 5.02 Å². The van der Waals surface area contributed by atoms with Gasteiger partial charge in [0.15, 0.2) is 5.82 Å². The smallest absolute Gasteiger partial charge is 0.261 e. The van der Waals surface area contributed by atoms with E-state index in [1.54, 1.807) is 41.1 Å². The lowest BCUT2D eigenvalue weighted by Crippen LogP contribution is -2.46. The van der Waals surface area contributed by atoms with Crippen molar-refractivity contribution >= 4 is 39.5 Å². The standard InChI is InChI=1S/C27H28ClN5O3S2/c1-19-16-31(17-20(2)36-19)18-32-27(37)33(22-10-4-3-5-11-22)26(29-32)21-9-8-12-23(15-21)38(34,35)30-25-14-7-6-13-24(25)28/h3-15,19-20,30H,16-18H2,1-2H3/t19-,20-/m1/s1. The molecule has 1 aliphatic rings. The summed E-state index contributed by atoms with van der Waals surface area (Å²) >= 11 is 12.1. The molecule has 0 amide bonds. The summed E-state index contributed by atoms with van der Waals surface area (Å²) in [6.07, 6.45) is 0.215. The molecule has 0 bridgehead atoms. The van der Waals surface area contributed by atoms with Crippen LogP contribution < -0.4 is 4.72 Å². The zero-order chi connectivity index (χ0) is 26.9. The molecular formula is C27H28ClN5O3S2. The lowest BCUT2D eigenvalue weighted by Gasteiger charge is -2.34. The van der Waals surface area contributed by atoms with E-state index >= 15 is 0 Å². The molecule has 8 nitrogen and oxygen atoms in total. The van der Waals surface area contributed by atoms with Crippen LogP contribution in [0, 0.1) is 4.77 Å². The maximum atomic E-state index is 13.2. The summed E-state index contributed by atoms with van der Waals surface area (Å²) in [7, 11) is -3.91. The number of rotatable bonds is 7. The van der Waals surface area contributed by atoms with Gasteiger partial charge in [-0.1, -0.05) is 54.1 Å². The van der Waals surface area contributed by atoms with Gasteiger partial charge < -0.3 is 4.74 Å². The number of para-hydroxylation sites is 2. The van der Waals surface area contributed by atoms with Crippen LogP contribution in [0.1, 0.15) is 13.8 Å². The first kappa shape index (κ1) is 26.6. The minimum Gasteiger partial charge on any atom is -0.373 e. The summed E-state index contributed by atoms with van der Waals surface area (Å²) in [5, 5.41) is 5.19. The highest BCUT2D eigenvalue weighted by Gasteiger charge is 2.24. The first-order chi connectivity index (χ1) is 18.2. The molecule has 1 N–H and O–H groups in total. The quantitative estimate of drug-likeness (QED) is 0.292. The molecule has 5 rings (SSSR count). The number of benzene rings is 3. The summed E-state index contributed by atoms with van der Waals surface area (Å²) in [6, 6.07) is 23.0. The monoisotopic (exact) mass is 569 g/mol. The Hall–Kier alpha value is -3.02. The largest absolute Gasteiger partial charge is 0.373 e. The van der Waals surface area contributed by atoms with E-state index in [-0.39, 0.29) is 17.1 Å². The Bertz CT molecular complexity index is 1590. The molecule has 198 valence electrons. The van der Waals surface area contributed by atoms with Gasteiger partial charge in [0.1, 0.15) is 0 Å². The number of halogens is 1. The minimum atomic E-state index is -3.91. The van der Waals surface area contributed by atoms with Crippen LogP contribution in [0.3, 0.4) is 0 Å². The average Bonchev–Trinajstić information content (AvgIpc) is 3.21. The molecule has 3 aromatic carbocycles. The number of sulfonamides is 1. The zero-order valence-corrected chi connectivity index (χ0v) is 23.4. The SMILES string of the molecule is C[C@@H]1CN(Cn2nc(-c3cccc(S(=O)(=O)Nc4ccccc4Cl)c3)n(-c3ccccc3)c2=S)C[C@@H](C)O1. The number of nitrogens with one attached hydrogen (secondary N) is 1. The Morgan fingerprint density at radius 1 is 1.00 bits per heavy atom. The third-order valence-corrected chi connectivity index (χ3v) is 8.29.